The summed E-state index contributed by atoms with van der Waals surface area (Å²) in [6.45, 7) is 0.537. The van der Waals surface area contributed by atoms with Gasteiger partial charge in [0.05, 0.1) is 5.60 Å². The lowest BCUT2D eigenvalue weighted by Gasteiger charge is -2.40. The van der Waals surface area contributed by atoms with Crippen molar-refractivity contribution in [2.75, 3.05) is 13.7 Å². The average molecular weight is 250 g/mol. The van der Waals surface area contributed by atoms with E-state index in [9.17, 15) is 4.79 Å². The standard InChI is InChI=1S/C12H18N4O2/c1-18-12(5-2-6-12)7-13-11(17)10-14-9(15-16-10)8-3-4-8/h8H,2-7H2,1H3,(H,13,17)(H,14,15,16). The largest absolute Gasteiger partial charge is 0.376 e. The number of rotatable bonds is 5. The summed E-state index contributed by atoms with van der Waals surface area (Å²) in [5.41, 5.74) is -0.161. The Hall–Kier alpha value is -1.43. The lowest BCUT2D eigenvalue weighted by atomic mass is 9.80. The predicted molar refractivity (Wildman–Crippen MR) is 64.3 cm³/mol. The molecule has 1 aromatic rings. The quantitative estimate of drug-likeness (QED) is 0.816. The number of nitrogens with zero attached hydrogens (tertiary/aromatic N) is 2. The van der Waals surface area contributed by atoms with Crippen molar-refractivity contribution in [3.05, 3.63) is 11.6 Å². The van der Waals surface area contributed by atoms with Gasteiger partial charge in [-0.1, -0.05) is 0 Å². The summed E-state index contributed by atoms with van der Waals surface area (Å²) in [6, 6.07) is 0. The maximum atomic E-state index is 11.9. The summed E-state index contributed by atoms with van der Waals surface area (Å²) >= 11 is 0. The molecular weight excluding hydrogens is 232 g/mol. The number of nitrogens with one attached hydrogen (secondary N) is 2. The van der Waals surface area contributed by atoms with Gasteiger partial charge in [0.1, 0.15) is 5.82 Å². The molecule has 2 N–H and O–H groups in total. The molecule has 0 spiro atoms. The summed E-state index contributed by atoms with van der Waals surface area (Å²) in [4.78, 5) is 16.1. The molecule has 2 aliphatic rings. The average Bonchev–Trinajstić information content (AvgIpc) is 3.06. The first-order valence-electron chi connectivity index (χ1n) is 6.48. The monoisotopic (exact) mass is 250 g/mol. The van der Waals surface area contributed by atoms with Crippen LogP contribution in [0.25, 0.3) is 0 Å². The zero-order chi connectivity index (χ0) is 12.6. The Morgan fingerprint density at radius 1 is 1.56 bits per heavy atom. The molecule has 6 heteroatoms. The molecular formula is C12H18N4O2. The summed E-state index contributed by atoms with van der Waals surface area (Å²) in [5, 5.41) is 9.65. The van der Waals surface area contributed by atoms with Crippen LogP contribution < -0.4 is 5.32 Å². The molecule has 1 amide bonds. The Balaban J connectivity index is 1.56. The Bertz CT molecular complexity index is 443. The van der Waals surface area contributed by atoms with Crippen LogP contribution in [0.4, 0.5) is 0 Å². The van der Waals surface area contributed by atoms with Gasteiger partial charge in [-0.2, -0.15) is 0 Å². The van der Waals surface area contributed by atoms with E-state index in [-0.39, 0.29) is 17.3 Å². The number of H-pyrrole nitrogens is 1. The number of carbonyl (C=O) groups excluding carboxylic acids is 1. The third-order valence-corrected chi connectivity index (χ3v) is 3.94. The molecule has 1 heterocycles. The topological polar surface area (TPSA) is 79.9 Å². The smallest absolute Gasteiger partial charge is 0.291 e. The number of aromatic nitrogens is 3. The van der Waals surface area contributed by atoms with Gasteiger partial charge < -0.3 is 10.1 Å². The van der Waals surface area contributed by atoms with Crippen molar-refractivity contribution in [1.29, 1.82) is 0 Å². The molecule has 2 fully saturated rings. The molecule has 0 saturated heterocycles. The zero-order valence-corrected chi connectivity index (χ0v) is 10.5. The lowest BCUT2D eigenvalue weighted by Crippen LogP contribution is -2.49. The highest BCUT2D eigenvalue weighted by Crippen LogP contribution is 2.37. The van der Waals surface area contributed by atoms with Crippen LogP contribution in [0.15, 0.2) is 0 Å². The predicted octanol–water partition coefficient (Wildman–Crippen LogP) is 0.981. The number of hydrogen-bond donors (Lipinski definition) is 2. The number of hydrogen-bond acceptors (Lipinski definition) is 4. The zero-order valence-electron chi connectivity index (χ0n) is 10.5. The second kappa shape index (κ2) is 4.35. The molecule has 0 unspecified atom stereocenters. The normalized spacial score (nSPS) is 21.4. The van der Waals surface area contributed by atoms with Crippen LogP contribution in [0.1, 0.15) is 54.5 Å². The van der Waals surface area contributed by atoms with Crippen LogP contribution in [0.3, 0.4) is 0 Å². The highest BCUT2D eigenvalue weighted by molar-refractivity contribution is 5.90. The van der Waals surface area contributed by atoms with E-state index in [1.807, 2.05) is 0 Å². The molecule has 18 heavy (non-hydrogen) atoms. The van der Waals surface area contributed by atoms with Crippen LogP contribution in [0, 0.1) is 0 Å². The van der Waals surface area contributed by atoms with Gasteiger partial charge in [-0.3, -0.25) is 9.89 Å². The molecule has 0 aliphatic heterocycles. The molecule has 98 valence electrons. The number of aromatic amines is 1. The van der Waals surface area contributed by atoms with Crippen molar-refractivity contribution in [2.45, 2.75) is 43.6 Å². The summed E-state index contributed by atoms with van der Waals surface area (Å²) < 4.78 is 5.45. The van der Waals surface area contributed by atoms with Crippen LogP contribution in [0.5, 0.6) is 0 Å². The van der Waals surface area contributed by atoms with Gasteiger partial charge in [-0.15, -0.1) is 5.10 Å². The summed E-state index contributed by atoms with van der Waals surface area (Å²) in [5.74, 6) is 1.34. The first-order chi connectivity index (χ1) is 8.72. The van der Waals surface area contributed by atoms with Crippen LogP contribution in [-0.4, -0.2) is 40.3 Å². The maximum absolute atomic E-state index is 11.9. The number of methoxy groups -OCH3 is 1. The minimum Gasteiger partial charge on any atom is -0.376 e. The van der Waals surface area contributed by atoms with Crippen molar-refractivity contribution in [2.24, 2.45) is 0 Å². The van der Waals surface area contributed by atoms with E-state index in [2.05, 4.69) is 20.5 Å². The van der Waals surface area contributed by atoms with Gasteiger partial charge in [-0.05, 0) is 32.1 Å². The SMILES string of the molecule is COC1(CNC(=O)c2n[nH]c(C3CC3)n2)CCC1. The first-order valence-corrected chi connectivity index (χ1v) is 6.48. The van der Waals surface area contributed by atoms with Crippen LogP contribution >= 0.6 is 0 Å². The fourth-order valence-electron chi connectivity index (χ4n) is 2.26. The highest BCUT2D eigenvalue weighted by atomic mass is 16.5. The number of ether oxygens (including phenoxy) is 1. The fraction of sp³-hybridized carbons (Fsp3) is 0.750. The van der Waals surface area contributed by atoms with Gasteiger partial charge in [0.25, 0.3) is 5.91 Å². The van der Waals surface area contributed by atoms with Gasteiger partial charge >= 0.3 is 0 Å². The van der Waals surface area contributed by atoms with E-state index in [1.54, 1.807) is 7.11 Å². The van der Waals surface area contributed by atoms with Gasteiger partial charge in [0, 0.05) is 19.6 Å². The van der Waals surface area contributed by atoms with Crippen molar-refractivity contribution in [1.82, 2.24) is 20.5 Å². The second-order valence-corrected chi connectivity index (χ2v) is 5.24. The Kier molecular flexibility index (Phi) is 2.81. The molecule has 2 saturated carbocycles. The molecule has 0 aromatic carbocycles. The van der Waals surface area contributed by atoms with Crippen molar-refractivity contribution >= 4 is 5.91 Å². The molecule has 1 aromatic heterocycles. The van der Waals surface area contributed by atoms with Crippen molar-refractivity contribution in [3.63, 3.8) is 0 Å². The fourth-order valence-corrected chi connectivity index (χ4v) is 2.26. The van der Waals surface area contributed by atoms with Gasteiger partial charge in [-0.25, -0.2) is 4.98 Å². The van der Waals surface area contributed by atoms with Gasteiger partial charge in [0.2, 0.25) is 5.82 Å². The van der Waals surface area contributed by atoms with E-state index >= 15 is 0 Å². The Morgan fingerprint density at radius 2 is 2.33 bits per heavy atom. The van der Waals surface area contributed by atoms with E-state index in [4.69, 9.17) is 4.74 Å². The van der Waals surface area contributed by atoms with Gasteiger partial charge in [0.15, 0.2) is 0 Å². The third kappa shape index (κ3) is 2.12. The number of amides is 1. The van der Waals surface area contributed by atoms with Crippen molar-refractivity contribution < 1.29 is 9.53 Å². The molecule has 0 bridgehead atoms. The summed E-state index contributed by atoms with van der Waals surface area (Å²) in [6.07, 6.45) is 5.46. The maximum Gasteiger partial charge on any atom is 0.291 e. The van der Waals surface area contributed by atoms with Crippen molar-refractivity contribution in [3.8, 4) is 0 Å². The van der Waals surface area contributed by atoms with Crippen LogP contribution in [-0.2, 0) is 4.74 Å². The lowest BCUT2D eigenvalue weighted by molar-refractivity contribution is -0.0679. The Morgan fingerprint density at radius 3 is 2.89 bits per heavy atom. The van der Waals surface area contributed by atoms with E-state index in [1.165, 1.54) is 0 Å². The third-order valence-electron chi connectivity index (χ3n) is 3.94. The van der Waals surface area contributed by atoms with Crippen LogP contribution in [0.2, 0.25) is 0 Å². The van der Waals surface area contributed by atoms with E-state index in [0.717, 1.165) is 37.9 Å². The molecule has 3 rings (SSSR count). The second-order valence-electron chi connectivity index (χ2n) is 5.24. The van der Waals surface area contributed by atoms with E-state index < -0.39 is 0 Å². The molecule has 6 nitrogen and oxygen atoms in total. The molecule has 2 aliphatic carbocycles. The Labute approximate surface area is 106 Å². The number of carbonyl (C=O) groups is 1. The molecule has 0 atom stereocenters. The highest BCUT2D eigenvalue weighted by Gasteiger charge is 2.37. The van der Waals surface area contributed by atoms with E-state index in [0.29, 0.717) is 12.5 Å². The first kappa shape index (κ1) is 11.6. The minimum absolute atomic E-state index is 0.161. The minimum atomic E-state index is -0.221. The summed E-state index contributed by atoms with van der Waals surface area (Å²) in [7, 11) is 1.70. The molecule has 0 radical (unpaired) electrons.